The third kappa shape index (κ3) is 6.63. The number of nitrogens with one attached hydrogen (secondary N) is 2. The summed E-state index contributed by atoms with van der Waals surface area (Å²) in [6.45, 7) is 10.5. The third-order valence-electron chi connectivity index (χ3n) is 5.46. The molecule has 2 rings (SSSR count). The molecule has 180 valence electrons. The van der Waals surface area contributed by atoms with Crippen molar-refractivity contribution in [1.82, 2.24) is 10.6 Å². The molecule has 0 bridgehead atoms. The lowest BCUT2D eigenvalue weighted by atomic mass is 9.85. The summed E-state index contributed by atoms with van der Waals surface area (Å²) >= 11 is 0. The van der Waals surface area contributed by atoms with E-state index in [2.05, 4.69) is 69.5 Å². The van der Waals surface area contributed by atoms with E-state index >= 15 is 0 Å². The summed E-state index contributed by atoms with van der Waals surface area (Å²) in [5.74, 6) is 0.622. The number of benzene rings is 2. The quantitative estimate of drug-likeness (QED) is 0.589. The van der Waals surface area contributed by atoms with Crippen molar-refractivity contribution < 1.29 is 23.8 Å². The van der Waals surface area contributed by atoms with E-state index in [1.807, 2.05) is 0 Å². The summed E-state index contributed by atoms with van der Waals surface area (Å²) in [6.07, 6.45) is 0. The van der Waals surface area contributed by atoms with Crippen molar-refractivity contribution in [2.75, 3.05) is 27.9 Å². The maximum atomic E-state index is 12.7. The molecule has 0 unspecified atom stereocenters. The number of hydrogen-bond donors (Lipinski definition) is 2. The Morgan fingerprint density at radius 3 is 1.88 bits per heavy atom. The molecule has 0 heterocycles. The Morgan fingerprint density at radius 2 is 1.45 bits per heavy atom. The van der Waals surface area contributed by atoms with Gasteiger partial charge in [0.1, 0.15) is 0 Å². The average Bonchev–Trinajstić information content (AvgIpc) is 2.79. The highest BCUT2D eigenvalue weighted by Crippen LogP contribution is 2.38. The Hall–Kier alpha value is -3.22. The highest BCUT2D eigenvalue weighted by Gasteiger charge is 2.21. The van der Waals surface area contributed by atoms with Crippen molar-refractivity contribution in [2.45, 2.75) is 46.1 Å². The molecule has 0 aliphatic carbocycles. The summed E-state index contributed by atoms with van der Waals surface area (Å²) in [6, 6.07) is 11.2. The van der Waals surface area contributed by atoms with Crippen LogP contribution in [-0.2, 0) is 10.2 Å². The monoisotopic (exact) mass is 456 g/mol. The van der Waals surface area contributed by atoms with Crippen LogP contribution in [0.15, 0.2) is 36.4 Å². The largest absolute Gasteiger partial charge is 0.493 e. The van der Waals surface area contributed by atoms with Gasteiger partial charge in [0.15, 0.2) is 11.5 Å². The number of hydrogen-bond acceptors (Lipinski definition) is 5. The van der Waals surface area contributed by atoms with Crippen LogP contribution in [0.3, 0.4) is 0 Å². The van der Waals surface area contributed by atoms with Crippen molar-refractivity contribution in [3.63, 3.8) is 0 Å². The van der Waals surface area contributed by atoms with E-state index in [0.29, 0.717) is 22.8 Å². The number of carbonyl (C=O) groups excluding carboxylic acids is 2. The van der Waals surface area contributed by atoms with Crippen molar-refractivity contribution >= 4 is 11.8 Å². The zero-order chi connectivity index (χ0) is 24.8. The lowest BCUT2D eigenvalue weighted by Gasteiger charge is -2.25. The lowest BCUT2D eigenvalue weighted by Crippen LogP contribution is -2.40. The van der Waals surface area contributed by atoms with Crippen LogP contribution in [0.25, 0.3) is 0 Å². The van der Waals surface area contributed by atoms with Crippen molar-refractivity contribution in [1.29, 1.82) is 0 Å². The van der Waals surface area contributed by atoms with Gasteiger partial charge in [-0.25, -0.2) is 0 Å². The molecule has 2 aromatic rings. The van der Waals surface area contributed by atoms with E-state index < -0.39 is 5.91 Å². The molecular weight excluding hydrogens is 420 g/mol. The Morgan fingerprint density at radius 1 is 0.909 bits per heavy atom. The van der Waals surface area contributed by atoms with Crippen molar-refractivity contribution in [3.05, 3.63) is 53.1 Å². The van der Waals surface area contributed by atoms with Gasteiger partial charge >= 0.3 is 0 Å². The van der Waals surface area contributed by atoms with Crippen LogP contribution in [-0.4, -0.2) is 39.7 Å². The van der Waals surface area contributed by atoms with Crippen LogP contribution in [0.5, 0.6) is 17.2 Å². The van der Waals surface area contributed by atoms with Gasteiger partial charge in [-0.05, 0) is 34.6 Å². The Kier molecular flexibility index (Phi) is 8.74. The van der Waals surface area contributed by atoms with Crippen molar-refractivity contribution in [2.24, 2.45) is 5.92 Å². The summed E-state index contributed by atoms with van der Waals surface area (Å²) < 4.78 is 15.9. The molecule has 0 aromatic heterocycles. The maximum absolute atomic E-state index is 12.7. The molecule has 2 aromatic carbocycles. The predicted molar refractivity (Wildman–Crippen MR) is 129 cm³/mol. The SMILES string of the molecule is COc1cc(C(=O)NCC(=O)N[C@H](c2ccc(C(C)(C)C)cc2)C(C)C)cc(OC)c1OC. The average molecular weight is 457 g/mol. The van der Waals surface area contributed by atoms with Gasteiger partial charge in [-0.2, -0.15) is 0 Å². The summed E-state index contributed by atoms with van der Waals surface area (Å²) in [5.41, 5.74) is 2.63. The summed E-state index contributed by atoms with van der Waals surface area (Å²) in [7, 11) is 4.45. The van der Waals surface area contributed by atoms with Gasteiger partial charge in [0.05, 0.1) is 33.9 Å². The first-order valence-electron chi connectivity index (χ1n) is 11.0. The van der Waals surface area contributed by atoms with Gasteiger partial charge in [-0.1, -0.05) is 58.9 Å². The van der Waals surface area contributed by atoms with E-state index in [9.17, 15) is 9.59 Å². The van der Waals surface area contributed by atoms with Crippen LogP contribution in [0.2, 0.25) is 0 Å². The molecule has 0 fully saturated rings. The first-order chi connectivity index (χ1) is 15.5. The van der Waals surface area contributed by atoms with E-state index in [4.69, 9.17) is 14.2 Å². The Balaban J connectivity index is 2.08. The molecule has 33 heavy (non-hydrogen) atoms. The predicted octanol–water partition coefficient (Wildman–Crippen LogP) is 4.25. The van der Waals surface area contributed by atoms with E-state index in [1.54, 1.807) is 12.1 Å². The second-order valence-corrected chi connectivity index (χ2v) is 9.26. The Labute approximate surface area is 196 Å². The zero-order valence-electron chi connectivity index (χ0n) is 20.9. The van der Waals surface area contributed by atoms with Crippen LogP contribution in [0, 0.1) is 5.92 Å². The normalized spacial score (nSPS) is 12.2. The number of rotatable bonds is 9. The molecule has 1 atom stereocenters. The van der Waals surface area contributed by atoms with E-state index in [1.165, 1.54) is 26.9 Å². The number of methoxy groups -OCH3 is 3. The molecule has 0 radical (unpaired) electrons. The van der Waals surface area contributed by atoms with Crippen LogP contribution in [0.1, 0.15) is 62.1 Å². The molecule has 0 aliphatic heterocycles. The van der Waals surface area contributed by atoms with Crippen LogP contribution < -0.4 is 24.8 Å². The maximum Gasteiger partial charge on any atom is 0.251 e. The summed E-state index contributed by atoms with van der Waals surface area (Å²) in [4.78, 5) is 25.3. The van der Waals surface area contributed by atoms with E-state index in [0.717, 1.165) is 5.56 Å². The topological polar surface area (TPSA) is 85.9 Å². The minimum Gasteiger partial charge on any atom is -0.493 e. The van der Waals surface area contributed by atoms with Gasteiger partial charge < -0.3 is 24.8 Å². The minimum atomic E-state index is -0.417. The molecule has 2 N–H and O–H groups in total. The van der Waals surface area contributed by atoms with Gasteiger partial charge in [0.25, 0.3) is 5.91 Å². The fraction of sp³-hybridized carbons (Fsp3) is 0.462. The minimum absolute atomic E-state index is 0.0617. The highest BCUT2D eigenvalue weighted by atomic mass is 16.5. The second-order valence-electron chi connectivity index (χ2n) is 9.26. The second kappa shape index (κ2) is 11.1. The number of amides is 2. The Bertz CT molecular complexity index is 937. The molecule has 2 amide bonds. The molecular formula is C26H36N2O5. The lowest BCUT2D eigenvalue weighted by molar-refractivity contribution is -0.121. The molecule has 7 heteroatoms. The molecule has 0 aliphatic rings. The molecule has 0 spiro atoms. The van der Waals surface area contributed by atoms with Crippen LogP contribution in [0.4, 0.5) is 0 Å². The molecule has 0 saturated carbocycles. The first kappa shape index (κ1) is 26.0. The smallest absolute Gasteiger partial charge is 0.251 e. The number of ether oxygens (including phenoxy) is 3. The highest BCUT2D eigenvalue weighted by molar-refractivity contribution is 5.97. The first-order valence-corrected chi connectivity index (χ1v) is 11.0. The zero-order valence-corrected chi connectivity index (χ0v) is 20.9. The summed E-state index contributed by atoms with van der Waals surface area (Å²) in [5, 5.41) is 5.70. The third-order valence-corrected chi connectivity index (χ3v) is 5.46. The fourth-order valence-corrected chi connectivity index (χ4v) is 3.52. The molecule has 7 nitrogen and oxygen atoms in total. The standard InChI is InChI=1S/C26H36N2O5/c1-16(2)23(17-9-11-19(12-10-17)26(3,4)5)28-22(29)15-27-25(30)18-13-20(31-6)24(33-8)21(14-18)32-7/h9-14,16,23H,15H2,1-8H3,(H,27,30)(H,28,29)/t23-/m0/s1. The molecule has 0 saturated heterocycles. The van der Waals surface area contributed by atoms with Crippen molar-refractivity contribution in [3.8, 4) is 17.2 Å². The van der Waals surface area contributed by atoms with Gasteiger partial charge in [-0.3, -0.25) is 9.59 Å². The van der Waals surface area contributed by atoms with Crippen LogP contribution >= 0.6 is 0 Å². The fourth-order valence-electron chi connectivity index (χ4n) is 3.52. The van der Waals surface area contributed by atoms with Gasteiger partial charge in [0, 0.05) is 5.56 Å². The van der Waals surface area contributed by atoms with Gasteiger partial charge in [0.2, 0.25) is 11.7 Å². The number of carbonyl (C=O) groups is 2. The van der Waals surface area contributed by atoms with Gasteiger partial charge in [-0.15, -0.1) is 0 Å². The van der Waals surface area contributed by atoms with E-state index in [-0.39, 0.29) is 29.8 Å².